The van der Waals surface area contributed by atoms with Gasteiger partial charge in [0, 0.05) is 6.04 Å². The Labute approximate surface area is 216 Å². The number of nitrogens with zero attached hydrogens (tertiary/aromatic N) is 1. The highest BCUT2D eigenvalue weighted by atomic mass is 16.6. The lowest BCUT2D eigenvalue weighted by molar-refractivity contribution is -0.160. The lowest BCUT2D eigenvalue weighted by Crippen LogP contribution is -2.52. The highest BCUT2D eigenvalue weighted by Crippen LogP contribution is 2.34. The van der Waals surface area contributed by atoms with E-state index in [0.29, 0.717) is 25.5 Å². The van der Waals surface area contributed by atoms with Crippen molar-refractivity contribution in [2.45, 2.75) is 97.2 Å². The smallest absolute Gasteiger partial charge is 0.326 e. The molecule has 2 aliphatic carbocycles. The van der Waals surface area contributed by atoms with Crippen LogP contribution in [0.15, 0.2) is 24.3 Å². The van der Waals surface area contributed by atoms with Gasteiger partial charge in [-0.1, -0.05) is 37.1 Å². The number of benzene rings is 1. The molecule has 0 unspecified atom stereocenters. The van der Waals surface area contributed by atoms with E-state index in [0.717, 1.165) is 38.5 Å². The monoisotopic (exact) mass is 500 g/mol. The molecule has 1 saturated carbocycles. The van der Waals surface area contributed by atoms with E-state index >= 15 is 0 Å². The third-order valence-electron chi connectivity index (χ3n) is 7.31. The summed E-state index contributed by atoms with van der Waals surface area (Å²) in [5, 5.41) is 3.33. The van der Waals surface area contributed by atoms with E-state index in [1.807, 2.05) is 46.8 Å². The minimum absolute atomic E-state index is 0.0751. The van der Waals surface area contributed by atoms with E-state index in [1.165, 1.54) is 11.1 Å². The van der Waals surface area contributed by atoms with E-state index < -0.39 is 17.6 Å². The average Bonchev–Trinajstić information content (AvgIpc) is 3.48. The second kappa shape index (κ2) is 12.7. The number of esters is 2. The van der Waals surface area contributed by atoms with Crippen LogP contribution in [0.1, 0.15) is 77.8 Å². The van der Waals surface area contributed by atoms with Gasteiger partial charge in [-0.2, -0.15) is 0 Å². The summed E-state index contributed by atoms with van der Waals surface area (Å²) in [6, 6.07) is 7.63. The summed E-state index contributed by atoms with van der Waals surface area (Å²) < 4.78 is 10.9. The summed E-state index contributed by atoms with van der Waals surface area (Å²) >= 11 is 0. The van der Waals surface area contributed by atoms with Crippen LogP contribution in [0.4, 0.5) is 0 Å². The van der Waals surface area contributed by atoms with Gasteiger partial charge >= 0.3 is 11.9 Å². The molecule has 7 nitrogen and oxygen atoms in total. The number of amides is 1. The lowest BCUT2D eigenvalue weighted by atomic mass is 9.88. The van der Waals surface area contributed by atoms with Crippen LogP contribution in [0.5, 0.6) is 0 Å². The second-order valence-electron chi connectivity index (χ2n) is 11.3. The summed E-state index contributed by atoms with van der Waals surface area (Å²) in [5.74, 6) is -0.419. The summed E-state index contributed by atoms with van der Waals surface area (Å²) in [6.45, 7) is 10.0. The van der Waals surface area contributed by atoms with E-state index in [-0.39, 0.29) is 30.4 Å². The number of ether oxygens (including phenoxy) is 2. The third-order valence-corrected chi connectivity index (χ3v) is 7.31. The molecule has 1 aromatic rings. The highest BCUT2D eigenvalue weighted by Gasteiger charge is 2.35. The minimum atomic E-state index is -0.614. The predicted molar refractivity (Wildman–Crippen MR) is 139 cm³/mol. The van der Waals surface area contributed by atoms with Crippen molar-refractivity contribution in [3.8, 4) is 0 Å². The molecule has 0 aromatic heterocycles. The van der Waals surface area contributed by atoms with Crippen LogP contribution in [0.25, 0.3) is 0 Å². The fourth-order valence-corrected chi connectivity index (χ4v) is 5.60. The zero-order valence-electron chi connectivity index (χ0n) is 22.7. The molecule has 0 heterocycles. The van der Waals surface area contributed by atoms with Gasteiger partial charge in [-0.25, -0.2) is 0 Å². The fraction of sp³-hybridized carbons (Fsp3) is 0.690. The number of hydrogen-bond donors (Lipinski definition) is 1. The number of carbonyl (C=O) groups is 3. The van der Waals surface area contributed by atoms with Crippen molar-refractivity contribution in [2.75, 3.05) is 19.7 Å². The van der Waals surface area contributed by atoms with Crippen LogP contribution in [0, 0.1) is 11.8 Å². The molecule has 0 bridgehead atoms. The molecule has 200 valence electrons. The Morgan fingerprint density at radius 2 is 1.69 bits per heavy atom. The van der Waals surface area contributed by atoms with Crippen LogP contribution in [0.2, 0.25) is 0 Å². The van der Waals surface area contributed by atoms with Crippen LogP contribution >= 0.6 is 0 Å². The molecule has 1 N–H and O–H groups in total. The Morgan fingerprint density at radius 1 is 1.08 bits per heavy atom. The molecule has 0 aliphatic heterocycles. The van der Waals surface area contributed by atoms with Crippen molar-refractivity contribution in [1.29, 1.82) is 0 Å². The summed E-state index contributed by atoms with van der Waals surface area (Å²) in [4.78, 5) is 40.6. The Balaban J connectivity index is 1.64. The molecule has 0 saturated heterocycles. The fourth-order valence-electron chi connectivity index (χ4n) is 5.60. The minimum Gasteiger partial charge on any atom is -0.466 e. The SMILES string of the molecule is CCOC(=O)[C@@H](CCN[C@@H](C)C(=O)N(CC(=O)OC(C)(C)C)C1Cc2ccccc2C1)C1CCCC1. The van der Waals surface area contributed by atoms with E-state index in [9.17, 15) is 14.4 Å². The molecule has 2 atom stereocenters. The number of fused-ring (bicyclic) bond motifs is 1. The maximum Gasteiger partial charge on any atom is 0.326 e. The normalized spacial score (nSPS) is 17.9. The van der Waals surface area contributed by atoms with Crippen LogP contribution in [-0.4, -0.2) is 60.1 Å². The Bertz CT molecular complexity index is 878. The average molecular weight is 501 g/mol. The van der Waals surface area contributed by atoms with Gasteiger partial charge in [0.15, 0.2) is 0 Å². The number of hydrogen-bond acceptors (Lipinski definition) is 6. The van der Waals surface area contributed by atoms with Crippen molar-refractivity contribution >= 4 is 17.8 Å². The molecule has 2 aliphatic rings. The molecule has 1 amide bonds. The topological polar surface area (TPSA) is 84.9 Å². The van der Waals surface area contributed by atoms with Gasteiger partial charge in [0.2, 0.25) is 5.91 Å². The first-order valence-corrected chi connectivity index (χ1v) is 13.6. The first kappa shape index (κ1) is 28.2. The van der Waals surface area contributed by atoms with Gasteiger partial charge in [0.25, 0.3) is 0 Å². The van der Waals surface area contributed by atoms with Crippen molar-refractivity contribution < 1.29 is 23.9 Å². The molecule has 1 aromatic carbocycles. The van der Waals surface area contributed by atoms with E-state index in [1.54, 1.807) is 4.90 Å². The zero-order valence-corrected chi connectivity index (χ0v) is 22.7. The number of rotatable bonds is 11. The zero-order chi connectivity index (χ0) is 26.3. The number of carbonyl (C=O) groups excluding carboxylic acids is 3. The second-order valence-corrected chi connectivity index (χ2v) is 11.3. The van der Waals surface area contributed by atoms with Gasteiger partial charge in [-0.15, -0.1) is 0 Å². The Kier molecular flexibility index (Phi) is 9.94. The maximum atomic E-state index is 13.6. The molecular formula is C29H44N2O5. The highest BCUT2D eigenvalue weighted by molar-refractivity contribution is 5.86. The Morgan fingerprint density at radius 3 is 2.25 bits per heavy atom. The van der Waals surface area contributed by atoms with Crippen molar-refractivity contribution in [2.24, 2.45) is 11.8 Å². The first-order chi connectivity index (χ1) is 17.1. The molecular weight excluding hydrogens is 456 g/mol. The molecule has 1 fully saturated rings. The summed E-state index contributed by atoms with van der Waals surface area (Å²) in [5.41, 5.74) is 1.83. The predicted octanol–water partition coefficient (Wildman–Crippen LogP) is 4.06. The van der Waals surface area contributed by atoms with Crippen LogP contribution in [-0.2, 0) is 36.7 Å². The van der Waals surface area contributed by atoms with Gasteiger partial charge < -0.3 is 19.7 Å². The van der Waals surface area contributed by atoms with E-state index in [4.69, 9.17) is 9.47 Å². The third kappa shape index (κ3) is 7.79. The van der Waals surface area contributed by atoms with Crippen molar-refractivity contribution in [1.82, 2.24) is 10.2 Å². The van der Waals surface area contributed by atoms with Crippen LogP contribution in [0.3, 0.4) is 0 Å². The van der Waals surface area contributed by atoms with Gasteiger partial charge in [-0.05, 0) is 90.3 Å². The van der Waals surface area contributed by atoms with E-state index in [2.05, 4.69) is 17.4 Å². The lowest BCUT2D eigenvalue weighted by Gasteiger charge is -2.32. The largest absolute Gasteiger partial charge is 0.466 e. The molecule has 0 radical (unpaired) electrons. The van der Waals surface area contributed by atoms with Gasteiger partial charge in [0.1, 0.15) is 12.1 Å². The quantitative estimate of drug-likeness (QED) is 0.461. The molecule has 0 spiro atoms. The molecule has 36 heavy (non-hydrogen) atoms. The maximum absolute atomic E-state index is 13.6. The van der Waals surface area contributed by atoms with Crippen molar-refractivity contribution in [3.63, 3.8) is 0 Å². The number of nitrogens with one attached hydrogen (secondary N) is 1. The standard InChI is InChI=1S/C29H44N2O5/c1-6-35-28(34)25(21-11-7-8-12-21)15-16-30-20(2)27(33)31(19-26(32)36-29(3,4)5)24-17-22-13-9-10-14-23(22)18-24/h9-10,13-14,20-21,24-25,30H,6-8,11-12,15-19H2,1-5H3/t20-,25-/m0/s1. The van der Waals surface area contributed by atoms with Crippen molar-refractivity contribution in [3.05, 3.63) is 35.4 Å². The summed E-state index contributed by atoms with van der Waals surface area (Å²) in [6.07, 6.45) is 6.53. The van der Waals surface area contributed by atoms with Crippen LogP contribution < -0.4 is 5.32 Å². The van der Waals surface area contributed by atoms with Gasteiger partial charge in [-0.3, -0.25) is 14.4 Å². The first-order valence-electron chi connectivity index (χ1n) is 13.6. The Hall–Kier alpha value is -2.41. The summed E-state index contributed by atoms with van der Waals surface area (Å²) in [7, 11) is 0. The van der Waals surface area contributed by atoms with Gasteiger partial charge in [0.05, 0.1) is 18.6 Å². The molecule has 7 heteroatoms. The molecule has 3 rings (SSSR count).